The molecule has 1 N–H and O–H groups in total. The van der Waals surface area contributed by atoms with Gasteiger partial charge in [-0.25, -0.2) is 0 Å². The maximum absolute atomic E-state index is 3.50. The average molecular weight is 262 g/mol. The molecule has 3 heteroatoms. The van der Waals surface area contributed by atoms with Gasteiger partial charge in [0.25, 0.3) is 0 Å². The molecular weight excluding hydrogens is 240 g/mol. The molecule has 2 heterocycles. The van der Waals surface area contributed by atoms with Crippen LogP contribution in [0.3, 0.4) is 0 Å². The summed E-state index contributed by atoms with van der Waals surface area (Å²) >= 11 is 2.02. The van der Waals surface area contributed by atoms with E-state index in [4.69, 9.17) is 0 Å². The van der Waals surface area contributed by atoms with E-state index in [0.717, 1.165) is 13.1 Å². The number of thioether (sulfide) groups is 1. The zero-order valence-electron chi connectivity index (χ0n) is 11.1. The number of hydrogen-bond acceptors (Lipinski definition) is 3. The normalized spacial score (nSPS) is 24.8. The van der Waals surface area contributed by atoms with Gasteiger partial charge in [0.05, 0.1) is 0 Å². The van der Waals surface area contributed by atoms with Crippen molar-refractivity contribution in [3.05, 3.63) is 29.3 Å². The molecule has 0 spiro atoms. The standard InChI is InChI=1S/C15H22N2S/c1-17-7-6-16-11-14(17)10-12-4-5-15-13(9-12)3-2-8-18-15/h4-5,9,14,16H,2-3,6-8,10-11H2,1H3. The first-order valence-corrected chi connectivity index (χ1v) is 7.97. The van der Waals surface area contributed by atoms with E-state index in [2.05, 4.69) is 35.5 Å². The van der Waals surface area contributed by atoms with E-state index in [1.165, 1.54) is 42.0 Å². The first-order valence-electron chi connectivity index (χ1n) is 6.98. The van der Waals surface area contributed by atoms with Gasteiger partial charge in [-0.3, -0.25) is 0 Å². The van der Waals surface area contributed by atoms with Gasteiger partial charge < -0.3 is 10.2 Å². The number of rotatable bonds is 2. The van der Waals surface area contributed by atoms with Gasteiger partial charge in [-0.2, -0.15) is 0 Å². The second-order valence-corrected chi connectivity index (χ2v) is 6.57. The lowest BCUT2D eigenvalue weighted by Gasteiger charge is -2.33. The predicted molar refractivity (Wildman–Crippen MR) is 78.5 cm³/mol. The summed E-state index contributed by atoms with van der Waals surface area (Å²) in [5.41, 5.74) is 3.09. The van der Waals surface area contributed by atoms with Crippen LogP contribution in [0.15, 0.2) is 23.1 Å². The van der Waals surface area contributed by atoms with Crippen LogP contribution >= 0.6 is 11.8 Å². The topological polar surface area (TPSA) is 15.3 Å². The zero-order chi connectivity index (χ0) is 12.4. The van der Waals surface area contributed by atoms with Gasteiger partial charge in [0.15, 0.2) is 0 Å². The summed E-state index contributed by atoms with van der Waals surface area (Å²) in [7, 11) is 2.25. The maximum Gasteiger partial charge on any atom is 0.0258 e. The molecule has 1 saturated heterocycles. The highest BCUT2D eigenvalue weighted by Gasteiger charge is 2.19. The van der Waals surface area contributed by atoms with E-state index in [0.29, 0.717) is 6.04 Å². The van der Waals surface area contributed by atoms with Crippen molar-refractivity contribution >= 4 is 11.8 Å². The van der Waals surface area contributed by atoms with Crippen molar-refractivity contribution in [1.82, 2.24) is 10.2 Å². The molecule has 0 saturated carbocycles. The van der Waals surface area contributed by atoms with Crippen LogP contribution in [-0.4, -0.2) is 43.4 Å². The quantitative estimate of drug-likeness (QED) is 0.879. The van der Waals surface area contributed by atoms with E-state index < -0.39 is 0 Å². The van der Waals surface area contributed by atoms with E-state index in [-0.39, 0.29) is 0 Å². The second-order valence-electron chi connectivity index (χ2n) is 5.44. The summed E-state index contributed by atoms with van der Waals surface area (Å²) in [6.07, 6.45) is 3.79. The summed E-state index contributed by atoms with van der Waals surface area (Å²) in [5, 5.41) is 3.50. The van der Waals surface area contributed by atoms with Gasteiger partial charge in [-0.1, -0.05) is 12.1 Å². The van der Waals surface area contributed by atoms with Crippen LogP contribution in [0.1, 0.15) is 17.5 Å². The molecule has 98 valence electrons. The number of nitrogens with one attached hydrogen (secondary N) is 1. The molecule has 2 aliphatic rings. The summed E-state index contributed by atoms with van der Waals surface area (Å²) < 4.78 is 0. The van der Waals surface area contributed by atoms with Crippen molar-refractivity contribution < 1.29 is 0 Å². The molecular formula is C15H22N2S. The monoisotopic (exact) mass is 262 g/mol. The molecule has 0 bridgehead atoms. The molecule has 1 fully saturated rings. The minimum Gasteiger partial charge on any atom is -0.314 e. The number of nitrogens with zero attached hydrogens (tertiary/aromatic N) is 1. The molecule has 1 unspecified atom stereocenters. The van der Waals surface area contributed by atoms with E-state index >= 15 is 0 Å². The lowest BCUT2D eigenvalue weighted by molar-refractivity contribution is 0.199. The van der Waals surface area contributed by atoms with E-state index in [1.54, 1.807) is 5.56 Å². The van der Waals surface area contributed by atoms with Crippen LogP contribution in [0, 0.1) is 0 Å². The van der Waals surface area contributed by atoms with Gasteiger partial charge in [0.1, 0.15) is 0 Å². The fourth-order valence-corrected chi connectivity index (χ4v) is 3.92. The van der Waals surface area contributed by atoms with Crippen LogP contribution in [0.4, 0.5) is 0 Å². The van der Waals surface area contributed by atoms with Crippen molar-refractivity contribution in [3.8, 4) is 0 Å². The van der Waals surface area contributed by atoms with Crippen molar-refractivity contribution in [2.45, 2.75) is 30.2 Å². The number of hydrogen-bond donors (Lipinski definition) is 1. The predicted octanol–water partition coefficient (Wildman–Crippen LogP) is 2.17. The van der Waals surface area contributed by atoms with Gasteiger partial charge in [-0.05, 0) is 49.3 Å². The highest BCUT2D eigenvalue weighted by Crippen LogP contribution is 2.30. The summed E-state index contributed by atoms with van der Waals surface area (Å²) in [6.45, 7) is 3.43. The second kappa shape index (κ2) is 5.64. The minimum atomic E-state index is 0.660. The Morgan fingerprint density at radius 2 is 2.39 bits per heavy atom. The number of fused-ring (bicyclic) bond motifs is 1. The van der Waals surface area contributed by atoms with Crippen LogP contribution in [0.5, 0.6) is 0 Å². The molecule has 3 rings (SSSR count). The number of aryl methyl sites for hydroxylation is 1. The molecule has 1 aromatic carbocycles. The molecule has 0 radical (unpaired) electrons. The summed E-state index contributed by atoms with van der Waals surface area (Å²) in [4.78, 5) is 4.00. The highest BCUT2D eigenvalue weighted by atomic mass is 32.2. The molecule has 2 aliphatic heterocycles. The van der Waals surface area contributed by atoms with Crippen molar-refractivity contribution in [2.75, 3.05) is 32.4 Å². The van der Waals surface area contributed by atoms with Crippen LogP contribution in [-0.2, 0) is 12.8 Å². The Labute approximate surface area is 114 Å². The molecule has 0 aromatic heterocycles. The molecule has 1 atom stereocenters. The van der Waals surface area contributed by atoms with Gasteiger partial charge >= 0.3 is 0 Å². The Kier molecular flexibility index (Phi) is 3.92. The van der Waals surface area contributed by atoms with Crippen LogP contribution < -0.4 is 5.32 Å². The third-order valence-electron chi connectivity index (χ3n) is 4.09. The molecule has 0 aliphatic carbocycles. The highest BCUT2D eigenvalue weighted by molar-refractivity contribution is 7.99. The molecule has 18 heavy (non-hydrogen) atoms. The fourth-order valence-electron chi connectivity index (χ4n) is 2.90. The molecule has 0 amide bonds. The molecule has 2 nitrogen and oxygen atoms in total. The fraction of sp³-hybridized carbons (Fsp3) is 0.600. The SMILES string of the molecule is CN1CCNCC1Cc1ccc2c(c1)CCCS2. The lowest BCUT2D eigenvalue weighted by atomic mass is 9.99. The largest absolute Gasteiger partial charge is 0.314 e. The number of piperazine rings is 1. The van der Waals surface area contributed by atoms with Crippen LogP contribution in [0.25, 0.3) is 0 Å². The van der Waals surface area contributed by atoms with E-state index in [1.807, 2.05) is 11.8 Å². The average Bonchev–Trinajstić information content (AvgIpc) is 2.41. The zero-order valence-corrected chi connectivity index (χ0v) is 11.9. The Bertz CT molecular complexity index is 419. The Balaban J connectivity index is 1.72. The van der Waals surface area contributed by atoms with Crippen molar-refractivity contribution in [1.29, 1.82) is 0 Å². The van der Waals surface area contributed by atoms with Gasteiger partial charge in [0.2, 0.25) is 0 Å². The third kappa shape index (κ3) is 2.73. The van der Waals surface area contributed by atoms with Gasteiger partial charge in [0, 0.05) is 30.6 Å². The van der Waals surface area contributed by atoms with Crippen LogP contribution in [0.2, 0.25) is 0 Å². The number of benzene rings is 1. The lowest BCUT2D eigenvalue weighted by Crippen LogP contribution is -2.50. The summed E-state index contributed by atoms with van der Waals surface area (Å²) in [6, 6.07) is 7.78. The Morgan fingerprint density at radius 3 is 3.28 bits per heavy atom. The van der Waals surface area contributed by atoms with Gasteiger partial charge in [-0.15, -0.1) is 11.8 Å². The van der Waals surface area contributed by atoms with Crippen molar-refractivity contribution in [2.24, 2.45) is 0 Å². The molecule has 1 aromatic rings. The first kappa shape index (κ1) is 12.5. The Hall–Kier alpha value is -0.510. The Morgan fingerprint density at radius 1 is 1.44 bits per heavy atom. The minimum absolute atomic E-state index is 0.660. The van der Waals surface area contributed by atoms with Crippen molar-refractivity contribution in [3.63, 3.8) is 0 Å². The maximum atomic E-state index is 3.50. The smallest absolute Gasteiger partial charge is 0.0258 e. The number of likely N-dealkylation sites (N-methyl/N-ethyl adjacent to an activating group) is 1. The van der Waals surface area contributed by atoms with E-state index in [9.17, 15) is 0 Å². The summed E-state index contributed by atoms with van der Waals surface area (Å²) in [5.74, 6) is 1.29. The third-order valence-corrected chi connectivity index (χ3v) is 5.29. The first-order chi connectivity index (χ1) is 8.83.